The maximum atomic E-state index is 11.3. The summed E-state index contributed by atoms with van der Waals surface area (Å²) in [6.45, 7) is 0.645. The number of hydrogen-bond donors (Lipinski definition) is 2. The SMILES string of the molecule is COC(=O)c1ccc(CNc2ccc(O)cc2)cc1. The maximum absolute atomic E-state index is 11.3. The van der Waals surface area contributed by atoms with E-state index >= 15 is 0 Å². The van der Waals surface area contributed by atoms with Gasteiger partial charge in [-0.25, -0.2) is 4.79 Å². The molecule has 0 aliphatic rings. The van der Waals surface area contributed by atoms with E-state index in [1.165, 1.54) is 7.11 Å². The number of methoxy groups -OCH3 is 1. The van der Waals surface area contributed by atoms with Gasteiger partial charge in [0.2, 0.25) is 0 Å². The molecule has 0 unspecified atom stereocenters. The van der Waals surface area contributed by atoms with Crippen LogP contribution < -0.4 is 5.32 Å². The lowest BCUT2D eigenvalue weighted by atomic mass is 10.1. The standard InChI is InChI=1S/C15H15NO3/c1-19-15(18)12-4-2-11(3-5-12)10-16-13-6-8-14(17)9-7-13/h2-9,16-17H,10H2,1H3. The first kappa shape index (κ1) is 13.0. The molecule has 98 valence electrons. The van der Waals surface area contributed by atoms with Gasteiger partial charge < -0.3 is 15.2 Å². The topological polar surface area (TPSA) is 58.6 Å². The third kappa shape index (κ3) is 3.48. The molecule has 4 nitrogen and oxygen atoms in total. The van der Waals surface area contributed by atoms with Crippen LogP contribution in [0, 0.1) is 0 Å². The Balaban J connectivity index is 1.96. The highest BCUT2D eigenvalue weighted by Crippen LogP contribution is 2.15. The van der Waals surface area contributed by atoms with Crippen LogP contribution in [0.3, 0.4) is 0 Å². The molecule has 0 amide bonds. The number of anilines is 1. The number of carbonyl (C=O) groups excluding carboxylic acids is 1. The molecule has 2 aromatic rings. The molecule has 0 aromatic heterocycles. The van der Waals surface area contributed by atoms with Gasteiger partial charge in [0.05, 0.1) is 12.7 Å². The Morgan fingerprint density at radius 1 is 1.11 bits per heavy atom. The van der Waals surface area contributed by atoms with Crippen LogP contribution in [0.1, 0.15) is 15.9 Å². The van der Waals surface area contributed by atoms with Crippen molar-refractivity contribution in [3.8, 4) is 5.75 Å². The fraction of sp³-hybridized carbons (Fsp3) is 0.133. The van der Waals surface area contributed by atoms with Crippen LogP contribution in [0.15, 0.2) is 48.5 Å². The van der Waals surface area contributed by atoms with E-state index in [0.717, 1.165) is 11.3 Å². The predicted octanol–water partition coefficient (Wildman–Crippen LogP) is 2.79. The number of aromatic hydroxyl groups is 1. The van der Waals surface area contributed by atoms with Crippen molar-refractivity contribution in [2.24, 2.45) is 0 Å². The number of esters is 1. The largest absolute Gasteiger partial charge is 0.508 e. The summed E-state index contributed by atoms with van der Waals surface area (Å²) in [6, 6.07) is 14.1. The van der Waals surface area contributed by atoms with E-state index in [9.17, 15) is 9.90 Å². The van der Waals surface area contributed by atoms with E-state index in [-0.39, 0.29) is 11.7 Å². The summed E-state index contributed by atoms with van der Waals surface area (Å²) in [4.78, 5) is 11.3. The first-order valence-electron chi connectivity index (χ1n) is 5.89. The average Bonchev–Trinajstić information content (AvgIpc) is 2.46. The zero-order chi connectivity index (χ0) is 13.7. The van der Waals surface area contributed by atoms with Gasteiger partial charge in [0.15, 0.2) is 0 Å². The van der Waals surface area contributed by atoms with Crippen molar-refractivity contribution in [1.82, 2.24) is 0 Å². The normalized spacial score (nSPS) is 9.95. The van der Waals surface area contributed by atoms with Gasteiger partial charge in [0.1, 0.15) is 5.75 Å². The Bertz CT molecular complexity index is 547. The Kier molecular flexibility index (Phi) is 4.03. The van der Waals surface area contributed by atoms with Gasteiger partial charge >= 0.3 is 5.97 Å². The second-order valence-electron chi connectivity index (χ2n) is 4.09. The number of nitrogens with one attached hydrogen (secondary N) is 1. The van der Waals surface area contributed by atoms with Gasteiger partial charge in [0.25, 0.3) is 0 Å². The van der Waals surface area contributed by atoms with Crippen molar-refractivity contribution in [2.75, 3.05) is 12.4 Å². The molecule has 0 saturated heterocycles. The second kappa shape index (κ2) is 5.91. The quantitative estimate of drug-likeness (QED) is 0.653. The van der Waals surface area contributed by atoms with Crippen molar-refractivity contribution < 1.29 is 14.6 Å². The zero-order valence-corrected chi connectivity index (χ0v) is 10.6. The Hall–Kier alpha value is -2.49. The molecule has 0 bridgehead atoms. The number of ether oxygens (including phenoxy) is 1. The van der Waals surface area contributed by atoms with Crippen molar-refractivity contribution in [2.45, 2.75) is 6.54 Å². The molecule has 0 spiro atoms. The van der Waals surface area contributed by atoms with E-state index in [1.807, 2.05) is 12.1 Å². The average molecular weight is 257 g/mol. The molecule has 2 N–H and O–H groups in total. The Morgan fingerprint density at radius 2 is 1.74 bits per heavy atom. The van der Waals surface area contributed by atoms with Crippen LogP contribution in [-0.4, -0.2) is 18.2 Å². The lowest BCUT2D eigenvalue weighted by molar-refractivity contribution is 0.0600. The summed E-state index contributed by atoms with van der Waals surface area (Å²) in [5.41, 5.74) is 2.52. The lowest BCUT2D eigenvalue weighted by Crippen LogP contribution is -2.02. The number of hydrogen-bond acceptors (Lipinski definition) is 4. The number of benzene rings is 2. The van der Waals surface area contributed by atoms with Crippen molar-refractivity contribution in [1.29, 1.82) is 0 Å². The number of phenols is 1. The minimum atomic E-state index is -0.335. The van der Waals surface area contributed by atoms with Gasteiger partial charge in [-0.15, -0.1) is 0 Å². The molecule has 4 heteroatoms. The predicted molar refractivity (Wildman–Crippen MR) is 73.2 cm³/mol. The minimum Gasteiger partial charge on any atom is -0.508 e. The van der Waals surface area contributed by atoms with E-state index in [2.05, 4.69) is 10.1 Å². The molecule has 0 aliphatic carbocycles. The first-order valence-corrected chi connectivity index (χ1v) is 5.89. The summed E-state index contributed by atoms with van der Waals surface area (Å²) in [6.07, 6.45) is 0. The summed E-state index contributed by atoms with van der Waals surface area (Å²) < 4.78 is 4.64. The van der Waals surface area contributed by atoms with Gasteiger partial charge in [-0.05, 0) is 42.0 Å². The van der Waals surface area contributed by atoms with Crippen LogP contribution in [0.5, 0.6) is 5.75 Å². The van der Waals surface area contributed by atoms with Crippen molar-refractivity contribution in [3.05, 3.63) is 59.7 Å². The minimum absolute atomic E-state index is 0.244. The second-order valence-corrected chi connectivity index (χ2v) is 4.09. The van der Waals surface area contributed by atoms with Gasteiger partial charge in [-0.2, -0.15) is 0 Å². The molecular weight excluding hydrogens is 242 g/mol. The fourth-order valence-corrected chi connectivity index (χ4v) is 1.66. The van der Waals surface area contributed by atoms with E-state index < -0.39 is 0 Å². The monoisotopic (exact) mass is 257 g/mol. The van der Waals surface area contributed by atoms with Crippen LogP contribution in [-0.2, 0) is 11.3 Å². The summed E-state index contributed by atoms with van der Waals surface area (Å²) in [7, 11) is 1.36. The third-order valence-corrected chi connectivity index (χ3v) is 2.74. The molecule has 0 aliphatic heterocycles. The smallest absolute Gasteiger partial charge is 0.337 e. The Morgan fingerprint density at radius 3 is 2.32 bits per heavy atom. The molecule has 2 rings (SSSR count). The molecule has 2 aromatic carbocycles. The first-order chi connectivity index (χ1) is 9.19. The van der Waals surface area contributed by atoms with Gasteiger partial charge in [-0.1, -0.05) is 12.1 Å². The van der Waals surface area contributed by atoms with E-state index in [4.69, 9.17) is 0 Å². The lowest BCUT2D eigenvalue weighted by Gasteiger charge is -2.07. The molecule has 0 heterocycles. The summed E-state index contributed by atoms with van der Waals surface area (Å²) in [5, 5.41) is 12.4. The van der Waals surface area contributed by atoms with Gasteiger partial charge in [-0.3, -0.25) is 0 Å². The maximum Gasteiger partial charge on any atom is 0.337 e. The van der Waals surface area contributed by atoms with Crippen molar-refractivity contribution >= 4 is 11.7 Å². The van der Waals surface area contributed by atoms with E-state index in [1.54, 1.807) is 36.4 Å². The number of rotatable bonds is 4. The van der Waals surface area contributed by atoms with Crippen LogP contribution in [0.4, 0.5) is 5.69 Å². The zero-order valence-electron chi connectivity index (χ0n) is 10.6. The highest BCUT2D eigenvalue weighted by atomic mass is 16.5. The molecule has 0 fully saturated rings. The highest BCUT2D eigenvalue weighted by molar-refractivity contribution is 5.89. The van der Waals surface area contributed by atoms with Crippen LogP contribution >= 0.6 is 0 Å². The molecule has 0 saturated carbocycles. The molecule has 19 heavy (non-hydrogen) atoms. The molecular formula is C15H15NO3. The Labute approximate surface area is 111 Å². The molecule has 0 radical (unpaired) electrons. The van der Waals surface area contributed by atoms with Crippen LogP contribution in [0.25, 0.3) is 0 Å². The van der Waals surface area contributed by atoms with Crippen LogP contribution in [0.2, 0.25) is 0 Å². The number of phenolic OH excluding ortho intramolecular Hbond substituents is 1. The van der Waals surface area contributed by atoms with Gasteiger partial charge in [0, 0.05) is 12.2 Å². The van der Waals surface area contributed by atoms with E-state index in [0.29, 0.717) is 12.1 Å². The third-order valence-electron chi connectivity index (χ3n) is 2.74. The highest BCUT2D eigenvalue weighted by Gasteiger charge is 2.04. The summed E-state index contributed by atoms with van der Waals surface area (Å²) in [5.74, 6) is -0.0916. The number of carbonyl (C=O) groups is 1. The van der Waals surface area contributed by atoms with Crippen molar-refractivity contribution in [3.63, 3.8) is 0 Å². The fourth-order valence-electron chi connectivity index (χ4n) is 1.66. The summed E-state index contributed by atoms with van der Waals surface area (Å²) >= 11 is 0. The molecule has 0 atom stereocenters.